The normalized spacial score (nSPS) is 22.9. The molecular weight excluding hydrogens is 371 g/mol. The topological polar surface area (TPSA) is 36.9 Å². The molecule has 5 heteroatoms. The Labute approximate surface area is 168 Å². The van der Waals surface area contributed by atoms with Gasteiger partial charge in [-0.2, -0.15) is 0 Å². The highest BCUT2D eigenvalue weighted by molar-refractivity contribution is 7.67. The minimum Gasteiger partial charge on any atom is -0.497 e. The van der Waals surface area contributed by atoms with Crippen molar-refractivity contribution in [3.8, 4) is 22.6 Å². The third-order valence-electron chi connectivity index (χ3n) is 5.82. The maximum Gasteiger partial charge on any atom is 0.169 e. The molecule has 2 aliphatic heterocycles. The SMILES string of the molecule is COc1cc(OC)cc(-c2ccccc2P2CCC3(CC2(C)C)OCCO3)c1. The van der Waals surface area contributed by atoms with Crippen LogP contribution in [0.3, 0.4) is 0 Å². The molecule has 0 radical (unpaired) electrons. The Morgan fingerprint density at radius 2 is 1.57 bits per heavy atom. The maximum absolute atomic E-state index is 6.03. The van der Waals surface area contributed by atoms with E-state index in [4.69, 9.17) is 18.9 Å². The predicted octanol–water partition coefficient (Wildman–Crippen LogP) is 4.79. The van der Waals surface area contributed by atoms with E-state index in [2.05, 4.69) is 50.2 Å². The highest BCUT2D eigenvalue weighted by Crippen LogP contribution is 2.59. The molecule has 28 heavy (non-hydrogen) atoms. The molecule has 2 aliphatic rings. The van der Waals surface area contributed by atoms with Gasteiger partial charge in [-0.3, -0.25) is 0 Å². The number of methoxy groups -OCH3 is 2. The summed E-state index contributed by atoms with van der Waals surface area (Å²) in [4.78, 5) is 0. The van der Waals surface area contributed by atoms with Gasteiger partial charge in [-0.1, -0.05) is 46.0 Å². The Bertz CT molecular complexity index is 820. The van der Waals surface area contributed by atoms with E-state index in [1.54, 1.807) is 14.2 Å². The summed E-state index contributed by atoms with van der Waals surface area (Å²) in [5, 5.41) is 1.57. The largest absolute Gasteiger partial charge is 0.497 e. The summed E-state index contributed by atoms with van der Waals surface area (Å²) in [5.41, 5.74) is 2.40. The lowest BCUT2D eigenvalue weighted by molar-refractivity contribution is -0.169. The second-order valence-electron chi connectivity index (χ2n) is 8.12. The van der Waals surface area contributed by atoms with Crippen LogP contribution in [-0.2, 0) is 9.47 Å². The Balaban J connectivity index is 1.73. The quantitative estimate of drug-likeness (QED) is 0.692. The fraction of sp³-hybridized carbons (Fsp3) is 0.478. The van der Waals surface area contributed by atoms with Gasteiger partial charge in [-0.25, -0.2) is 0 Å². The highest BCUT2D eigenvalue weighted by Gasteiger charge is 2.49. The summed E-state index contributed by atoms with van der Waals surface area (Å²) in [6.07, 6.45) is 3.03. The third-order valence-corrected chi connectivity index (χ3v) is 9.08. The van der Waals surface area contributed by atoms with Crippen molar-refractivity contribution < 1.29 is 18.9 Å². The van der Waals surface area contributed by atoms with Crippen LogP contribution in [0.25, 0.3) is 11.1 Å². The molecule has 0 bridgehead atoms. The van der Waals surface area contributed by atoms with Gasteiger partial charge >= 0.3 is 0 Å². The number of rotatable bonds is 4. The Kier molecular flexibility index (Phi) is 5.39. The summed E-state index contributed by atoms with van der Waals surface area (Å²) < 4.78 is 23.1. The first kappa shape index (κ1) is 19.7. The number of ether oxygens (including phenoxy) is 4. The lowest BCUT2D eigenvalue weighted by Crippen LogP contribution is -2.45. The first-order valence-electron chi connectivity index (χ1n) is 9.84. The fourth-order valence-corrected chi connectivity index (χ4v) is 7.79. The zero-order chi connectivity index (χ0) is 19.8. The second kappa shape index (κ2) is 7.67. The van der Waals surface area contributed by atoms with E-state index in [1.165, 1.54) is 10.9 Å². The molecule has 0 aromatic heterocycles. The van der Waals surface area contributed by atoms with Crippen LogP contribution >= 0.6 is 7.92 Å². The molecule has 4 rings (SSSR count). The van der Waals surface area contributed by atoms with Gasteiger partial charge in [-0.05, 0) is 39.9 Å². The molecule has 2 heterocycles. The Morgan fingerprint density at radius 1 is 0.929 bits per heavy atom. The first-order valence-corrected chi connectivity index (χ1v) is 11.4. The van der Waals surface area contributed by atoms with Crippen LogP contribution in [0.1, 0.15) is 26.7 Å². The van der Waals surface area contributed by atoms with Gasteiger partial charge in [0.1, 0.15) is 11.5 Å². The number of hydrogen-bond donors (Lipinski definition) is 0. The molecule has 2 fully saturated rings. The summed E-state index contributed by atoms with van der Waals surface area (Å²) in [5.74, 6) is 1.26. The summed E-state index contributed by atoms with van der Waals surface area (Å²) in [7, 11) is 3.02. The minimum atomic E-state index is -0.366. The predicted molar refractivity (Wildman–Crippen MR) is 114 cm³/mol. The third kappa shape index (κ3) is 3.66. The van der Waals surface area contributed by atoms with Crippen molar-refractivity contribution in [3.05, 3.63) is 42.5 Å². The van der Waals surface area contributed by atoms with Crippen LogP contribution in [0.5, 0.6) is 11.5 Å². The molecule has 0 N–H and O–H groups in total. The first-order chi connectivity index (χ1) is 13.5. The van der Waals surface area contributed by atoms with Gasteiger partial charge in [0.25, 0.3) is 0 Å². The van der Waals surface area contributed by atoms with Gasteiger partial charge in [0.05, 0.1) is 27.4 Å². The molecule has 2 aromatic carbocycles. The zero-order valence-corrected chi connectivity index (χ0v) is 18.1. The lowest BCUT2D eigenvalue weighted by atomic mass is 9.98. The van der Waals surface area contributed by atoms with Crippen molar-refractivity contribution in [2.45, 2.75) is 37.6 Å². The van der Waals surface area contributed by atoms with E-state index in [0.717, 1.165) is 36.1 Å². The van der Waals surface area contributed by atoms with Crippen molar-refractivity contribution in [1.82, 2.24) is 0 Å². The van der Waals surface area contributed by atoms with Crippen LogP contribution in [0, 0.1) is 0 Å². The smallest absolute Gasteiger partial charge is 0.169 e. The van der Waals surface area contributed by atoms with E-state index >= 15 is 0 Å². The lowest BCUT2D eigenvalue weighted by Gasteiger charge is -2.47. The van der Waals surface area contributed by atoms with Gasteiger partial charge in [0.15, 0.2) is 5.79 Å². The molecule has 150 valence electrons. The van der Waals surface area contributed by atoms with E-state index < -0.39 is 0 Å². The standard InChI is InChI=1S/C23H29O4P/c1-22(2)16-23(26-10-11-27-23)9-12-28(22)21-8-6-5-7-20(21)17-13-18(24-3)15-19(14-17)25-4/h5-8,13-15H,9-12,16H2,1-4H3. The van der Waals surface area contributed by atoms with E-state index in [9.17, 15) is 0 Å². The van der Waals surface area contributed by atoms with Crippen LogP contribution in [-0.4, -0.2) is 44.5 Å². The average molecular weight is 400 g/mol. The molecule has 0 amide bonds. The summed E-state index contributed by atoms with van der Waals surface area (Å²) in [6, 6.07) is 14.9. The summed E-state index contributed by atoms with van der Waals surface area (Å²) >= 11 is 0. The van der Waals surface area contributed by atoms with E-state index in [-0.39, 0.29) is 18.9 Å². The molecular formula is C23H29O4P. The van der Waals surface area contributed by atoms with Crippen LogP contribution < -0.4 is 14.8 Å². The van der Waals surface area contributed by atoms with Gasteiger partial charge in [0, 0.05) is 18.9 Å². The van der Waals surface area contributed by atoms with Gasteiger partial charge in [0.2, 0.25) is 0 Å². The van der Waals surface area contributed by atoms with Crippen LogP contribution in [0.15, 0.2) is 42.5 Å². The molecule has 0 aliphatic carbocycles. The van der Waals surface area contributed by atoms with Gasteiger partial charge in [-0.15, -0.1) is 0 Å². The molecule has 1 spiro atoms. The molecule has 2 saturated heterocycles. The maximum atomic E-state index is 6.03. The van der Waals surface area contributed by atoms with Crippen molar-refractivity contribution >= 4 is 13.2 Å². The Morgan fingerprint density at radius 3 is 2.18 bits per heavy atom. The van der Waals surface area contributed by atoms with E-state index in [1.807, 2.05) is 6.07 Å². The Hall–Kier alpha value is -1.61. The van der Waals surface area contributed by atoms with Crippen molar-refractivity contribution in [3.63, 3.8) is 0 Å². The van der Waals surface area contributed by atoms with Crippen molar-refractivity contribution in [1.29, 1.82) is 0 Å². The fourth-order valence-electron chi connectivity index (χ4n) is 4.53. The molecule has 1 unspecified atom stereocenters. The van der Waals surface area contributed by atoms with E-state index in [0.29, 0.717) is 13.2 Å². The van der Waals surface area contributed by atoms with Crippen molar-refractivity contribution in [2.75, 3.05) is 33.6 Å². The highest BCUT2D eigenvalue weighted by atomic mass is 31.1. The monoisotopic (exact) mass is 400 g/mol. The van der Waals surface area contributed by atoms with Gasteiger partial charge < -0.3 is 18.9 Å². The molecule has 2 aromatic rings. The number of hydrogen-bond acceptors (Lipinski definition) is 4. The molecule has 1 atom stereocenters. The second-order valence-corrected chi connectivity index (χ2v) is 11.1. The molecule has 4 nitrogen and oxygen atoms in total. The van der Waals surface area contributed by atoms with Crippen LogP contribution in [0.2, 0.25) is 0 Å². The average Bonchev–Trinajstić information content (AvgIpc) is 3.14. The minimum absolute atomic E-state index is 0.136. The number of benzene rings is 2. The molecule has 0 saturated carbocycles. The summed E-state index contributed by atoms with van der Waals surface area (Å²) in [6.45, 7) is 6.17. The zero-order valence-electron chi connectivity index (χ0n) is 17.2. The van der Waals surface area contributed by atoms with Crippen LogP contribution in [0.4, 0.5) is 0 Å². The van der Waals surface area contributed by atoms with Crippen molar-refractivity contribution in [2.24, 2.45) is 0 Å².